The molecular formula is C33H56O5. The predicted molar refractivity (Wildman–Crippen MR) is 157 cm³/mol. The number of aryl methyl sites for hydroxylation is 1. The first-order valence-electron chi connectivity index (χ1n) is 15.3. The Balaban J connectivity index is 2.20. The van der Waals surface area contributed by atoms with Crippen molar-refractivity contribution >= 4 is 11.9 Å². The Kier molecular flexibility index (Phi) is 17.1. The number of unbranched alkanes of at least 4 members (excludes halogenated alkanes) is 15. The summed E-state index contributed by atoms with van der Waals surface area (Å²) in [4.78, 5) is 24.3. The second kappa shape index (κ2) is 19.1. The van der Waals surface area contributed by atoms with E-state index in [-0.39, 0.29) is 24.2 Å². The molecule has 38 heavy (non-hydrogen) atoms. The second-order valence-corrected chi connectivity index (χ2v) is 12.1. The van der Waals surface area contributed by atoms with E-state index in [0.29, 0.717) is 5.56 Å². The SMILES string of the molecule is CCCCCCCCCCCCCCCCCCOC(=O)C(Cc1cc(C)c(O)c(C(C)(C)C)c1)C(=O)O. The third kappa shape index (κ3) is 14.2. The van der Waals surface area contributed by atoms with Gasteiger partial charge < -0.3 is 14.9 Å². The third-order valence-corrected chi connectivity index (χ3v) is 7.43. The average Bonchev–Trinajstić information content (AvgIpc) is 2.85. The Morgan fingerprint density at radius 2 is 1.24 bits per heavy atom. The van der Waals surface area contributed by atoms with Crippen LogP contribution in [0.5, 0.6) is 5.75 Å². The Bertz CT molecular complexity index is 808. The van der Waals surface area contributed by atoms with Crippen molar-refractivity contribution in [3.05, 3.63) is 28.8 Å². The summed E-state index contributed by atoms with van der Waals surface area (Å²) < 4.78 is 5.34. The van der Waals surface area contributed by atoms with Crippen molar-refractivity contribution in [1.29, 1.82) is 0 Å². The first kappa shape index (κ1) is 34.0. The van der Waals surface area contributed by atoms with Gasteiger partial charge in [0, 0.05) is 0 Å². The molecule has 1 aromatic rings. The van der Waals surface area contributed by atoms with Crippen LogP contribution in [0.2, 0.25) is 0 Å². The Morgan fingerprint density at radius 1 is 0.789 bits per heavy atom. The number of phenols is 1. The number of phenolic OH excluding ortho intramolecular Hbond substituents is 1. The van der Waals surface area contributed by atoms with Gasteiger partial charge >= 0.3 is 11.9 Å². The average molecular weight is 533 g/mol. The molecular weight excluding hydrogens is 476 g/mol. The summed E-state index contributed by atoms with van der Waals surface area (Å²) in [6, 6.07) is 3.56. The summed E-state index contributed by atoms with van der Waals surface area (Å²) in [7, 11) is 0. The molecule has 0 aliphatic rings. The summed E-state index contributed by atoms with van der Waals surface area (Å²) in [5, 5.41) is 20.1. The number of esters is 1. The van der Waals surface area contributed by atoms with Crippen LogP contribution in [-0.4, -0.2) is 28.8 Å². The highest BCUT2D eigenvalue weighted by Gasteiger charge is 2.29. The zero-order valence-electron chi connectivity index (χ0n) is 25.1. The van der Waals surface area contributed by atoms with Crippen LogP contribution in [0.1, 0.15) is 147 Å². The topological polar surface area (TPSA) is 83.8 Å². The van der Waals surface area contributed by atoms with E-state index in [4.69, 9.17) is 4.74 Å². The van der Waals surface area contributed by atoms with E-state index in [2.05, 4.69) is 6.92 Å². The monoisotopic (exact) mass is 532 g/mol. The van der Waals surface area contributed by atoms with Gasteiger partial charge in [-0.1, -0.05) is 136 Å². The minimum atomic E-state index is -1.24. The molecule has 1 rings (SSSR count). The van der Waals surface area contributed by atoms with Crippen molar-refractivity contribution in [1.82, 2.24) is 0 Å². The lowest BCUT2D eigenvalue weighted by atomic mass is 9.83. The van der Waals surface area contributed by atoms with Crippen LogP contribution in [-0.2, 0) is 26.2 Å². The smallest absolute Gasteiger partial charge is 0.320 e. The number of carbonyl (C=O) groups is 2. The zero-order valence-corrected chi connectivity index (χ0v) is 25.1. The molecule has 0 fully saturated rings. The molecule has 1 unspecified atom stereocenters. The van der Waals surface area contributed by atoms with Crippen LogP contribution >= 0.6 is 0 Å². The van der Waals surface area contributed by atoms with Gasteiger partial charge in [0.15, 0.2) is 5.92 Å². The molecule has 0 heterocycles. The quantitative estimate of drug-likeness (QED) is 0.0937. The van der Waals surface area contributed by atoms with Gasteiger partial charge in [0.05, 0.1) is 6.61 Å². The van der Waals surface area contributed by atoms with Crippen molar-refractivity contribution < 1.29 is 24.5 Å². The minimum absolute atomic E-state index is 0.0529. The van der Waals surface area contributed by atoms with Gasteiger partial charge in [-0.05, 0) is 41.9 Å². The number of hydrogen-bond donors (Lipinski definition) is 2. The van der Waals surface area contributed by atoms with E-state index < -0.39 is 17.9 Å². The van der Waals surface area contributed by atoms with Gasteiger partial charge in [0.25, 0.3) is 0 Å². The molecule has 1 atom stereocenters. The fraction of sp³-hybridized carbons (Fsp3) is 0.758. The van der Waals surface area contributed by atoms with E-state index in [0.717, 1.165) is 30.4 Å². The molecule has 0 spiro atoms. The van der Waals surface area contributed by atoms with Crippen molar-refractivity contribution in [2.24, 2.45) is 5.92 Å². The lowest BCUT2D eigenvalue weighted by Crippen LogP contribution is -2.28. The number of aromatic hydroxyl groups is 1. The molecule has 5 nitrogen and oxygen atoms in total. The summed E-state index contributed by atoms with van der Waals surface area (Å²) >= 11 is 0. The lowest BCUT2D eigenvalue weighted by Gasteiger charge is -2.23. The Labute approximate surface area is 232 Å². The maximum absolute atomic E-state index is 12.5. The Morgan fingerprint density at radius 3 is 1.66 bits per heavy atom. The van der Waals surface area contributed by atoms with Crippen LogP contribution < -0.4 is 0 Å². The number of carbonyl (C=O) groups excluding carboxylic acids is 1. The second-order valence-electron chi connectivity index (χ2n) is 12.1. The third-order valence-electron chi connectivity index (χ3n) is 7.43. The van der Waals surface area contributed by atoms with Crippen LogP contribution in [0.25, 0.3) is 0 Å². The molecule has 0 saturated heterocycles. The molecule has 0 aromatic heterocycles. The molecule has 2 N–H and O–H groups in total. The van der Waals surface area contributed by atoms with E-state index >= 15 is 0 Å². The summed E-state index contributed by atoms with van der Waals surface area (Å²) in [6.07, 6.45) is 20.5. The summed E-state index contributed by atoms with van der Waals surface area (Å²) in [5.41, 5.74) is 1.85. The van der Waals surface area contributed by atoms with Crippen LogP contribution in [0.4, 0.5) is 0 Å². The number of rotatable bonds is 21. The molecule has 0 saturated carbocycles. The number of aliphatic carboxylic acids is 1. The first-order valence-corrected chi connectivity index (χ1v) is 15.3. The van der Waals surface area contributed by atoms with Gasteiger partial charge in [0.1, 0.15) is 5.75 Å². The number of ether oxygens (including phenoxy) is 1. The maximum Gasteiger partial charge on any atom is 0.320 e. The standard InChI is InChI=1S/C33H56O5/c1-6-7-8-9-10-11-12-13-14-15-16-17-18-19-20-21-22-38-32(37)28(31(35)36)24-27-23-26(2)30(34)29(25-27)33(3,4)5/h23,25,28,34H,6-22,24H2,1-5H3,(H,35,36). The molecule has 218 valence electrons. The van der Waals surface area contributed by atoms with Crippen molar-refractivity contribution in [2.75, 3.05) is 6.61 Å². The van der Waals surface area contributed by atoms with Crippen molar-refractivity contribution in [3.63, 3.8) is 0 Å². The van der Waals surface area contributed by atoms with E-state index in [1.807, 2.05) is 20.8 Å². The van der Waals surface area contributed by atoms with Crippen LogP contribution in [0, 0.1) is 12.8 Å². The minimum Gasteiger partial charge on any atom is -0.507 e. The number of carboxylic acids is 1. The lowest BCUT2D eigenvalue weighted by molar-refractivity contribution is -0.158. The molecule has 5 heteroatoms. The largest absolute Gasteiger partial charge is 0.507 e. The molecule has 0 amide bonds. The first-order chi connectivity index (χ1) is 18.1. The van der Waals surface area contributed by atoms with Gasteiger partial charge in [-0.25, -0.2) is 0 Å². The van der Waals surface area contributed by atoms with Crippen molar-refractivity contribution in [3.8, 4) is 5.75 Å². The number of hydrogen-bond acceptors (Lipinski definition) is 4. The van der Waals surface area contributed by atoms with Crippen LogP contribution in [0.3, 0.4) is 0 Å². The zero-order chi connectivity index (χ0) is 28.4. The van der Waals surface area contributed by atoms with Gasteiger partial charge in [-0.15, -0.1) is 0 Å². The van der Waals surface area contributed by atoms with Crippen molar-refractivity contribution in [2.45, 2.75) is 149 Å². The fourth-order valence-electron chi connectivity index (χ4n) is 4.97. The fourth-order valence-corrected chi connectivity index (χ4v) is 4.97. The van der Waals surface area contributed by atoms with Crippen LogP contribution in [0.15, 0.2) is 12.1 Å². The predicted octanol–water partition coefficient (Wildman–Crippen LogP) is 9.05. The van der Waals surface area contributed by atoms with E-state index in [1.165, 1.54) is 83.5 Å². The molecule has 1 aromatic carbocycles. The molecule has 0 bridgehead atoms. The molecule has 0 aliphatic carbocycles. The number of benzene rings is 1. The van der Waals surface area contributed by atoms with E-state index in [1.54, 1.807) is 19.1 Å². The van der Waals surface area contributed by atoms with E-state index in [9.17, 15) is 19.8 Å². The highest BCUT2D eigenvalue weighted by molar-refractivity contribution is 5.94. The Hall–Kier alpha value is -2.04. The highest BCUT2D eigenvalue weighted by atomic mass is 16.5. The highest BCUT2D eigenvalue weighted by Crippen LogP contribution is 2.34. The molecule has 0 aliphatic heterocycles. The maximum atomic E-state index is 12.5. The summed E-state index contributed by atoms with van der Waals surface area (Å²) in [6.45, 7) is 10.3. The number of carboxylic acid groups (broad SMARTS) is 1. The molecule has 0 radical (unpaired) electrons. The van der Waals surface area contributed by atoms with Gasteiger partial charge in [0.2, 0.25) is 0 Å². The van der Waals surface area contributed by atoms with Gasteiger partial charge in [-0.2, -0.15) is 0 Å². The van der Waals surface area contributed by atoms with Gasteiger partial charge in [-0.3, -0.25) is 9.59 Å². The normalized spacial score (nSPS) is 12.4. The summed E-state index contributed by atoms with van der Waals surface area (Å²) in [5.74, 6) is -2.88.